The first kappa shape index (κ1) is 78.2. The van der Waals surface area contributed by atoms with E-state index < -0.39 is 51.3 Å². The van der Waals surface area contributed by atoms with Gasteiger partial charge in [-0.3, -0.25) is 18.6 Å². The third kappa shape index (κ3) is 21.8. The van der Waals surface area contributed by atoms with Crippen LogP contribution in [0.15, 0.2) is 106 Å². The summed E-state index contributed by atoms with van der Waals surface area (Å²) in [4.78, 5) is 46.8. The number of esters is 1. The van der Waals surface area contributed by atoms with E-state index in [0.29, 0.717) is 35.0 Å². The minimum absolute atomic E-state index is 0. The lowest BCUT2D eigenvalue weighted by Gasteiger charge is -2.31. The lowest BCUT2D eigenvalue weighted by molar-refractivity contribution is -0.143. The fourth-order valence-electron chi connectivity index (χ4n) is 13.1. The molecule has 102 heavy (non-hydrogen) atoms. The van der Waals surface area contributed by atoms with E-state index in [0.717, 1.165) is 196 Å². The number of likely N-dealkylation sites (tertiary alicyclic amines) is 2. The summed E-state index contributed by atoms with van der Waals surface area (Å²) >= 11 is 0. The second-order valence-electron chi connectivity index (χ2n) is 26.5. The quantitative estimate of drug-likeness (QED) is 0.0239. The predicted octanol–water partition coefficient (Wildman–Crippen LogP) is 11.8. The van der Waals surface area contributed by atoms with Gasteiger partial charge in [-0.1, -0.05) is 22.9 Å². The molecule has 3 aliphatic carbocycles. The number of fused-ring (bicyclic) bond motifs is 3. The number of nitrogens with two attached hydrogens (primary N) is 1. The molecule has 5 aromatic heterocycles. The van der Waals surface area contributed by atoms with Crippen molar-refractivity contribution >= 4 is 60.9 Å². The predicted molar refractivity (Wildman–Crippen MR) is 356 cm³/mol. The molecule has 1 amide bonds. The number of benzene rings is 3. The minimum atomic E-state index is -4.40. The molecule has 3 saturated heterocycles. The zero-order chi connectivity index (χ0) is 72.2. The van der Waals surface area contributed by atoms with Crippen molar-refractivity contribution in [3.63, 3.8) is 0 Å². The Kier molecular flexibility index (Phi) is 26.5. The number of hydrogen-bond donors (Lipinski definition) is 4. The van der Waals surface area contributed by atoms with Crippen LogP contribution in [-0.4, -0.2) is 161 Å². The number of carboxylic acid groups (broad SMARTS) is 1. The normalized spacial score (nSPS) is 21.3. The van der Waals surface area contributed by atoms with Gasteiger partial charge in [-0.15, -0.1) is 0 Å². The van der Waals surface area contributed by atoms with E-state index in [1.54, 1.807) is 25.0 Å². The maximum atomic E-state index is 12.9. The molecule has 23 nitrogen and oxygen atoms in total. The van der Waals surface area contributed by atoms with Gasteiger partial charge in [0.1, 0.15) is 0 Å². The Morgan fingerprint density at radius 2 is 1.03 bits per heavy atom. The second kappa shape index (κ2) is 34.5. The maximum absolute atomic E-state index is 12.9. The maximum Gasteiger partial charge on any atom is 0.416 e. The lowest BCUT2D eigenvalue weighted by Crippen LogP contribution is -2.35. The Bertz CT molecular complexity index is 4110. The summed E-state index contributed by atoms with van der Waals surface area (Å²) in [6.07, 6.45) is 8.33. The largest absolute Gasteiger partial charge is 0.481 e. The number of methoxy groups -OCH3 is 1. The minimum Gasteiger partial charge on any atom is -0.481 e. The van der Waals surface area contributed by atoms with Crippen molar-refractivity contribution in [3.05, 3.63) is 126 Å². The SMILES string of the molecule is C.COC(=O)C1C[C@H]1COS(C)(=O)=O.FC(F)(F)c1ccc2c(C3CCNCC3)noc2c1.NCCCn1ccnc1.O=C(NCCCn1ccnc1)[C@@H]1C[C@H]1CN1CCC(c2noc3cc(C(F)(F)F)ccc23)CC1.O=C(O)[C@@H]1C[C@H]1CN1CCC(c2noc3cc(C(F)(F)F)ccc23)CC1. The highest BCUT2D eigenvalue weighted by atomic mass is 32.2. The molecule has 8 aromatic rings. The van der Waals surface area contributed by atoms with Crippen molar-refractivity contribution in [2.24, 2.45) is 41.2 Å². The molecular weight excluding hydrogens is 1380 g/mol. The average molecular weight is 1460 g/mol. The van der Waals surface area contributed by atoms with E-state index in [4.69, 9.17) is 24.4 Å². The number of piperidine rings is 3. The van der Waals surface area contributed by atoms with Crippen molar-refractivity contribution < 1.29 is 89.9 Å². The van der Waals surface area contributed by atoms with Crippen LogP contribution in [0.2, 0.25) is 0 Å². The highest BCUT2D eigenvalue weighted by Gasteiger charge is 2.47. The Hall–Kier alpha value is -7.98. The summed E-state index contributed by atoms with van der Waals surface area (Å²) < 4.78 is 165. The van der Waals surface area contributed by atoms with E-state index in [1.807, 2.05) is 21.5 Å². The Labute approximate surface area is 583 Å². The number of rotatable bonds is 20. The van der Waals surface area contributed by atoms with Crippen LogP contribution in [0.4, 0.5) is 39.5 Å². The van der Waals surface area contributed by atoms with Crippen LogP contribution in [0.25, 0.3) is 32.9 Å². The number of carboxylic acids is 1. The first-order chi connectivity index (χ1) is 48.1. The second-order valence-corrected chi connectivity index (χ2v) is 28.2. The number of imidazole rings is 2. The molecule has 14 rings (SSSR count). The van der Waals surface area contributed by atoms with Gasteiger partial charge in [-0.2, -0.15) is 47.9 Å². The van der Waals surface area contributed by atoms with E-state index in [1.165, 1.54) is 25.3 Å². The molecule has 5 N–H and O–H groups in total. The van der Waals surface area contributed by atoms with Gasteiger partial charge < -0.3 is 58.7 Å². The van der Waals surface area contributed by atoms with Crippen LogP contribution >= 0.6 is 0 Å². The number of amides is 1. The number of aromatic nitrogens is 7. The van der Waals surface area contributed by atoms with Crippen LogP contribution in [0, 0.1) is 35.5 Å². The van der Waals surface area contributed by atoms with Gasteiger partial charge in [0, 0.05) is 97.3 Å². The molecule has 1 unspecified atom stereocenters. The van der Waals surface area contributed by atoms with Gasteiger partial charge in [-0.05, 0) is 189 Å². The van der Waals surface area contributed by atoms with Crippen molar-refractivity contribution in [1.29, 1.82) is 0 Å². The van der Waals surface area contributed by atoms with Crippen molar-refractivity contribution in [2.75, 3.05) is 85.4 Å². The van der Waals surface area contributed by atoms with Crippen LogP contribution in [0.3, 0.4) is 0 Å². The molecule has 558 valence electrons. The number of ether oxygens (including phenoxy) is 1. The Morgan fingerprint density at radius 1 is 0.618 bits per heavy atom. The Morgan fingerprint density at radius 3 is 1.41 bits per heavy atom. The molecule has 0 spiro atoms. The fourth-order valence-corrected chi connectivity index (χ4v) is 13.6. The summed E-state index contributed by atoms with van der Waals surface area (Å²) in [7, 11) is -2.07. The lowest BCUT2D eigenvalue weighted by atomic mass is 9.91. The molecular formula is C69H87F9N12O11S. The molecule has 6 atom stereocenters. The molecule has 6 aliphatic rings. The molecule has 0 radical (unpaired) electrons. The van der Waals surface area contributed by atoms with Gasteiger partial charge in [0.2, 0.25) is 5.91 Å². The highest BCUT2D eigenvalue weighted by Crippen LogP contribution is 2.44. The summed E-state index contributed by atoms with van der Waals surface area (Å²) in [5, 5.41) is 29.4. The standard InChI is InChI=1S/C24H28F3N5O2.C18H19F3N2O3.C13H13F3N2O.C7H12O5S.C6H11N3.CH4/c25-24(26,27)18-2-3-19-21(13-18)34-30-22(19)16-4-9-31(10-5-16)14-17-12-20(17)23(33)29-6-1-8-32-11-7-28-15-32;19-18(20,21)12-1-2-13-15(8-12)26-22-16(13)10-3-5-23(6-4-10)9-11-7-14(11)17(24)25;14-13(15,16)9-1-2-10-11(7-9)19-18-12(10)8-3-5-17-6-4-8;1-11-7(8)6-3-5(6)4-12-13(2,9)10;7-2-1-4-9-5-3-8-6-9;/h2-3,7,11,13,15-17,20H,1,4-6,8-10,12,14H2,(H,29,33);1-2,8,10-11,14H,3-7,9H2,(H,24,25);1-2,7-8,17H,3-6H2;5-6H,3-4H2,1-2H3;3,5-6H,1-2,4,7H2;1H4/t17-,20+;11-,14+;;5-,6?;;/m00.0../s1. The summed E-state index contributed by atoms with van der Waals surface area (Å²) in [6.45, 7) is 10.3. The molecule has 3 saturated carbocycles. The van der Waals surface area contributed by atoms with Crippen LogP contribution < -0.4 is 16.4 Å². The summed E-state index contributed by atoms with van der Waals surface area (Å²) in [5.41, 5.74) is 5.97. The van der Waals surface area contributed by atoms with Crippen molar-refractivity contribution in [1.82, 2.24) is 55.0 Å². The number of nitrogens with zero attached hydrogens (tertiary/aromatic N) is 9. The number of halogens is 9. The average Bonchev–Trinajstić information content (AvgIpc) is 1.59. The van der Waals surface area contributed by atoms with Crippen LogP contribution in [-0.2, 0) is 65.0 Å². The van der Waals surface area contributed by atoms with Gasteiger partial charge in [0.05, 0.1) is 78.2 Å². The third-order valence-corrected chi connectivity index (χ3v) is 19.8. The smallest absolute Gasteiger partial charge is 0.416 e. The third-order valence-electron chi connectivity index (χ3n) is 19.2. The molecule has 33 heteroatoms. The van der Waals surface area contributed by atoms with E-state index >= 15 is 0 Å². The van der Waals surface area contributed by atoms with E-state index in [2.05, 4.69) is 54.8 Å². The number of carbonyl (C=O) groups excluding carboxylic acids is 2. The van der Waals surface area contributed by atoms with Gasteiger partial charge >= 0.3 is 30.5 Å². The van der Waals surface area contributed by atoms with Gasteiger partial charge in [0.15, 0.2) is 16.7 Å². The monoisotopic (exact) mass is 1460 g/mol. The number of carbonyl (C=O) groups is 3. The summed E-state index contributed by atoms with van der Waals surface area (Å²) in [6, 6.07) is 10.7. The number of nitrogens with one attached hydrogen (secondary N) is 2. The first-order valence-corrected chi connectivity index (χ1v) is 35.5. The Balaban J connectivity index is 0.000000158. The summed E-state index contributed by atoms with van der Waals surface area (Å²) in [5.74, 6) is 0.118. The highest BCUT2D eigenvalue weighted by molar-refractivity contribution is 7.86. The van der Waals surface area contributed by atoms with Gasteiger partial charge in [0.25, 0.3) is 10.1 Å². The molecule has 3 aromatic carbocycles. The first-order valence-electron chi connectivity index (χ1n) is 33.7. The van der Waals surface area contributed by atoms with Crippen molar-refractivity contribution in [3.8, 4) is 0 Å². The van der Waals surface area contributed by atoms with Gasteiger partial charge in [-0.25, -0.2) is 9.97 Å². The van der Waals surface area contributed by atoms with Crippen LogP contribution in [0.5, 0.6) is 0 Å². The number of alkyl halides is 9. The zero-order valence-electron chi connectivity index (χ0n) is 55.8. The van der Waals surface area contributed by atoms with E-state index in [-0.39, 0.29) is 90.0 Å². The number of hydrogen-bond acceptors (Lipinski definition) is 19. The van der Waals surface area contributed by atoms with Crippen LogP contribution in [0.1, 0.15) is 130 Å². The molecule has 6 fully saturated rings. The zero-order valence-corrected chi connectivity index (χ0v) is 56.6. The number of aliphatic carboxylic acids is 1. The molecule has 0 bridgehead atoms. The topological polar surface area (TPSA) is 294 Å². The van der Waals surface area contributed by atoms with E-state index in [9.17, 15) is 62.3 Å². The molecule has 3 aliphatic heterocycles. The fraction of sp³-hybridized carbons (Fsp3) is 0.565. The number of aryl methyl sites for hydroxylation is 2. The molecule has 8 heterocycles. The van der Waals surface area contributed by atoms with Crippen molar-refractivity contribution in [2.45, 2.75) is 127 Å².